The third-order valence-corrected chi connectivity index (χ3v) is 5.68. The highest BCUT2D eigenvalue weighted by atomic mass is 32.2. The maximum absolute atomic E-state index is 13.1. The molecule has 2 heterocycles. The summed E-state index contributed by atoms with van der Waals surface area (Å²) in [6.45, 7) is 0.451. The van der Waals surface area contributed by atoms with Crippen molar-refractivity contribution in [1.29, 1.82) is 0 Å². The molecule has 1 saturated heterocycles. The minimum absolute atomic E-state index is 0.159. The van der Waals surface area contributed by atoms with Crippen molar-refractivity contribution in [1.82, 2.24) is 0 Å². The number of carbonyl (C=O) groups excluding carboxylic acids is 1. The number of rotatable bonds is 0. The van der Waals surface area contributed by atoms with Crippen LogP contribution in [-0.4, -0.2) is 12.3 Å². The Kier molecular flexibility index (Phi) is 3.60. The van der Waals surface area contributed by atoms with E-state index in [9.17, 15) is 18.0 Å². The largest absolute Gasteiger partial charge is 0.416 e. The second kappa shape index (κ2) is 5.55. The van der Waals surface area contributed by atoms with Crippen LogP contribution in [0, 0.1) is 0 Å². The van der Waals surface area contributed by atoms with Crippen LogP contribution in [0.3, 0.4) is 0 Å². The molecule has 0 bridgehead atoms. The molecule has 2 aliphatic rings. The van der Waals surface area contributed by atoms with Gasteiger partial charge in [-0.05, 0) is 29.8 Å². The van der Waals surface area contributed by atoms with Crippen molar-refractivity contribution in [3.8, 4) is 0 Å². The molecular weight excluding hydrogens is 335 g/mol. The predicted molar refractivity (Wildman–Crippen MR) is 86.3 cm³/mol. The number of hydrogen-bond acceptors (Lipinski definition) is 3. The maximum atomic E-state index is 13.1. The number of piperidine rings is 1. The number of anilines is 1. The molecule has 1 unspecified atom stereocenters. The Morgan fingerprint density at radius 3 is 2.67 bits per heavy atom. The smallest absolute Gasteiger partial charge is 0.363 e. The number of nitrogens with zero attached hydrogens (tertiary/aromatic N) is 1. The molecule has 4 rings (SSSR count). The minimum atomic E-state index is -4.38. The fourth-order valence-corrected chi connectivity index (χ4v) is 4.49. The average molecular weight is 349 g/mol. The van der Waals surface area contributed by atoms with Gasteiger partial charge in [-0.3, -0.25) is 4.79 Å². The van der Waals surface area contributed by atoms with Crippen LogP contribution in [0.1, 0.15) is 30.0 Å². The van der Waals surface area contributed by atoms with Crippen LogP contribution in [0.15, 0.2) is 52.3 Å². The lowest BCUT2D eigenvalue weighted by Crippen LogP contribution is -2.37. The van der Waals surface area contributed by atoms with E-state index in [1.807, 2.05) is 29.2 Å². The highest BCUT2D eigenvalue weighted by Gasteiger charge is 2.36. The molecule has 0 amide bonds. The summed E-state index contributed by atoms with van der Waals surface area (Å²) in [5.74, 6) is 0.159. The molecule has 2 aliphatic heterocycles. The van der Waals surface area contributed by atoms with E-state index in [0.717, 1.165) is 21.4 Å². The van der Waals surface area contributed by atoms with E-state index in [1.54, 1.807) is 6.07 Å². The fourth-order valence-electron chi connectivity index (χ4n) is 3.37. The standard InChI is InChI=1S/C18H14F3NOS/c19-18(20,21)11-5-6-17-15(9-11)22-8-7-12(23)10-14(22)13-3-1-2-4-16(13)24-17/h1-6,9,14H,7-8,10H2. The molecule has 124 valence electrons. The van der Waals surface area contributed by atoms with E-state index in [-0.39, 0.29) is 11.8 Å². The zero-order valence-corrected chi connectivity index (χ0v) is 13.5. The second-order valence-electron chi connectivity index (χ2n) is 6.02. The van der Waals surface area contributed by atoms with Crippen LogP contribution in [0.4, 0.5) is 18.9 Å². The van der Waals surface area contributed by atoms with E-state index in [4.69, 9.17) is 0 Å². The van der Waals surface area contributed by atoms with Crippen molar-refractivity contribution < 1.29 is 18.0 Å². The average Bonchev–Trinajstić information content (AvgIpc) is 2.67. The lowest BCUT2D eigenvalue weighted by atomic mass is 9.93. The first kappa shape index (κ1) is 15.6. The van der Waals surface area contributed by atoms with Gasteiger partial charge in [0, 0.05) is 29.2 Å². The van der Waals surface area contributed by atoms with Gasteiger partial charge in [0.2, 0.25) is 0 Å². The number of Topliss-reactive ketones (excluding diaryl/α,β-unsaturated/α-hetero) is 1. The zero-order valence-electron chi connectivity index (χ0n) is 12.6. The van der Waals surface area contributed by atoms with Crippen molar-refractivity contribution in [3.63, 3.8) is 0 Å². The summed E-state index contributed by atoms with van der Waals surface area (Å²) in [5.41, 5.74) is 0.937. The molecule has 0 spiro atoms. The zero-order chi connectivity index (χ0) is 16.9. The van der Waals surface area contributed by atoms with Gasteiger partial charge < -0.3 is 4.90 Å². The summed E-state index contributed by atoms with van der Waals surface area (Å²) in [6.07, 6.45) is -3.66. The molecule has 0 radical (unpaired) electrons. The van der Waals surface area contributed by atoms with Crippen molar-refractivity contribution >= 4 is 23.2 Å². The second-order valence-corrected chi connectivity index (χ2v) is 7.11. The van der Waals surface area contributed by atoms with Gasteiger partial charge in [-0.2, -0.15) is 13.2 Å². The van der Waals surface area contributed by atoms with Crippen LogP contribution < -0.4 is 4.90 Å². The number of benzene rings is 2. The SMILES string of the molecule is O=C1CCN2c3cc(C(F)(F)F)ccc3Sc3ccccc3C2C1. The molecule has 0 aliphatic carbocycles. The third kappa shape index (κ3) is 2.59. The maximum Gasteiger partial charge on any atom is 0.416 e. The lowest BCUT2D eigenvalue weighted by Gasteiger charge is -2.37. The van der Waals surface area contributed by atoms with Gasteiger partial charge in [0.25, 0.3) is 0 Å². The number of hydrogen-bond donors (Lipinski definition) is 0. The Hall–Kier alpha value is -1.95. The van der Waals surface area contributed by atoms with E-state index in [0.29, 0.717) is 25.1 Å². The van der Waals surface area contributed by atoms with Gasteiger partial charge in [-0.15, -0.1) is 0 Å². The van der Waals surface area contributed by atoms with E-state index >= 15 is 0 Å². The number of carbonyl (C=O) groups is 1. The molecule has 0 saturated carbocycles. The molecule has 24 heavy (non-hydrogen) atoms. The molecular formula is C18H14F3NOS. The van der Waals surface area contributed by atoms with Crippen LogP contribution in [-0.2, 0) is 11.0 Å². The number of fused-ring (bicyclic) bond motifs is 5. The number of ketones is 1. The lowest BCUT2D eigenvalue weighted by molar-refractivity contribution is -0.137. The Labute approximate surface area is 141 Å². The Morgan fingerprint density at radius 1 is 1.08 bits per heavy atom. The van der Waals surface area contributed by atoms with Crippen molar-refractivity contribution in [2.24, 2.45) is 0 Å². The summed E-state index contributed by atoms with van der Waals surface area (Å²) in [7, 11) is 0. The molecule has 0 aromatic heterocycles. The molecule has 2 nitrogen and oxygen atoms in total. The van der Waals surface area contributed by atoms with Gasteiger partial charge in [0.05, 0.1) is 17.3 Å². The van der Waals surface area contributed by atoms with Crippen LogP contribution in [0.25, 0.3) is 0 Å². The molecule has 6 heteroatoms. The molecule has 0 N–H and O–H groups in total. The van der Waals surface area contributed by atoms with Gasteiger partial charge in [-0.1, -0.05) is 30.0 Å². The summed E-state index contributed by atoms with van der Waals surface area (Å²) in [6, 6.07) is 11.4. The van der Waals surface area contributed by atoms with E-state index in [1.165, 1.54) is 17.8 Å². The highest BCUT2D eigenvalue weighted by molar-refractivity contribution is 7.99. The predicted octanol–water partition coefficient (Wildman–Crippen LogP) is 5.08. The first-order valence-electron chi connectivity index (χ1n) is 7.70. The van der Waals surface area contributed by atoms with E-state index in [2.05, 4.69) is 0 Å². The molecule has 2 aromatic carbocycles. The van der Waals surface area contributed by atoms with Crippen LogP contribution in [0.2, 0.25) is 0 Å². The summed E-state index contributed by atoms with van der Waals surface area (Å²) in [4.78, 5) is 15.7. The van der Waals surface area contributed by atoms with Gasteiger partial charge >= 0.3 is 6.18 Å². The number of alkyl halides is 3. The third-order valence-electron chi connectivity index (χ3n) is 4.52. The van der Waals surface area contributed by atoms with Gasteiger partial charge in [0.15, 0.2) is 0 Å². The summed E-state index contributed by atoms with van der Waals surface area (Å²) < 4.78 is 39.4. The van der Waals surface area contributed by atoms with E-state index < -0.39 is 11.7 Å². The molecule has 2 aromatic rings. The van der Waals surface area contributed by atoms with Crippen molar-refractivity contribution in [2.45, 2.75) is 34.9 Å². The molecule has 1 atom stereocenters. The Morgan fingerprint density at radius 2 is 1.88 bits per heavy atom. The Bertz CT molecular complexity index is 818. The van der Waals surface area contributed by atoms with Gasteiger partial charge in [0.1, 0.15) is 5.78 Å². The first-order valence-corrected chi connectivity index (χ1v) is 8.51. The first-order chi connectivity index (χ1) is 11.4. The quantitative estimate of drug-likeness (QED) is 0.661. The summed E-state index contributed by atoms with van der Waals surface area (Å²) >= 11 is 1.47. The topological polar surface area (TPSA) is 20.3 Å². The van der Waals surface area contributed by atoms with Crippen molar-refractivity contribution in [2.75, 3.05) is 11.4 Å². The molecule has 1 fully saturated rings. The number of halogens is 3. The fraction of sp³-hybridized carbons (Fsp3) is 0.278. The minimum Gasteiger partial charge on any atom is -0.363 e. The van der Waals surface area contributed by atoms with Crippen LogP contribution >= 0.6 is 11.8 Å². The van der Waals surface area contributed by atoms with Crippen molar-refractivity contribution in [3.05, 3.63) is 53.6 Å². The normalized spacial score (nSPS) is 20.0. The monoisotopic (exact) mass is 349 g/mol. The van der Waals surface area contributed by atoms with Crippen LogP contribution in [0.5, 0.6) is 0 Å². The van der Waals surface area contributed by atoms with Gasteiger partial charge in [-0.25, -0.2) is 0 Å². The highest BCUT2D eigenvalue weighted by Crippen LogP contribution is 2.49. The Balaban J connectivity index is 1.89. The summed E-state index contributed by atoms with van der Waals surface area (Å²) in [5, 5.41) is 0.